The molecule has 2 heterocycles. The Hall–Kier alpha value is -1.38. The molecule has 6 nitrogen and oxygen atoms in total. The highest BCUT2D eigenvalue weighted by Gasteiger charge is 2.52. The van der Waals surface area contributed by atoms with Crippen molar-refractivity contribution in [3.8, 4) is 6.01 Å². The number of hydrogen-bond donors (Lipinski definition) is 0. The van der Waals surface area contributed by atoms with E-state index in [2.05, 4.69) is 9.97 Å². The maximum absolute atomic E-state index is 11.4. The Morgan fingerprint density at radius 1 is 1.25 bits per heavy atom. The van der Waals surface area contributed by atoms with Crippen LogP contribution in [0, 0.1) is 0 Å². The molecule has 130 valence electrons. The minimum atomic E-state index is -0.510. The van der Waals surface area contributed by atoms with E-state index in [9.17, 15) is 4.79 Å². The van der Waals surface area contributed by atoms with Gasteiger partial charge in [-0.05, 0) is 33.2 Å². The zero-order valence-electron chi connectivity index (χ0n) is 15.0. The van der Waals surface area contributed by atoms with Gasteiger partial charge in [-0.15, -0.1) is 0 Å². The van der Waals surface area contributed by atoms with E-state index < -0.39 is 18.3 Å². The van der Waals surface area contributed by atoms with Crippen molar-refractivity contribution in [3.63, 3.8) is 0 Å². The van der Waals surface area contributed by atoms with Gasteiger partial charge < -0.3 is 14.0 Å². The van der Waals surface area contributed by atoms with Crippen LogP contribution in [-0.4, -0.2) is 46.3 Å². The summed E-state index contributed by atoms with van der Waals surface area (Å²) in [5, 5.41) is 0.0448. The first kappa shape index (κ1) is 19.0. The van der Waals surface area contributed by atoms with Gasteiger partial charge in [-0.3, -0.25) is 4.79 Å². The first-order valence-corrected chi connectivity index (χ1v) is 8.69. The molecule has 0 saturated carbocycles. The molecule has 1 aromatic rings. The van der Waals surface area contributed by atoms with Crippen LogP contribution in [0.5, 0.6) is 6.01 Å². The quantitative estimate of drug-likeness (QED) is 0.756. The first-order chi connectivity index (χ1) is 11.1. The lowest BCUT2D eigenvalue weighted by atomic mass is 9.78. The summed E-state index contributed by atoms with van der Waals surface area (Å²) >= 11 is 1.22. The molecule has 0 aromatic carbocycles. The van der Waals surface area contributed by atoms with Gasteiger partial charge in [0.05, 0.1) is 18.3 Å². The molecular weight excluding hydrogens is 327 g/mol. The van der Waals surface area contributed by atoms with E-state index in [1.807, 2.05) is 33.8 Å². The minimum absolute atomic E-state index is 0.0448. The number of carbonyl (C=O) groups excluding carboxylic acids is 1. The Balaban J connectivity index is 2.27. The molecule has 0 unspecified atom stereocenters. The molecule has 8 heteroatoms. The van der Waals surface area contributed by atoms with Crippen molar-refractivity contribution in [1.29, 1.82) is 0 Å². The molecule has 1 fully saturated rings. The molecule has 1 saturated heterocycles. The SMILES string of the molecule is COc1ncc(C=C(CSC(C)=O)B2OC(C)(C)C(C)(C)O2)cn1. The lowest BCUT2D eigenvalue weighted by Crippen LogP contribution is -2.41. The van der Waals surface area contributed by atoms with E-state index in [1.54, 1.807) is 19.3 Å². The molecule has 0 N–H and O–H groups in total. The van der Waals surface area contributed by atoms with Crippen LogP contribution in [0.1, 0.15) is 40.2 Å². The van der Waals surface area contributed by atoms with Crippen molar-refractivity contribution in [2.24, 2.45) is 0 Å². The largest absolute Gasteiger partial charge is 0.491 e. The second-order valence-electron chi connectivity index (χ2n) is 6.59. The summed E-state index contributed by atoms with van der Waals surface area (Å²) < 4.78 is 17.2. The Labute approximate surface area is 147 Å². The number of rotatable bonds is 5. The van der Waals surface area contributed by atoms with Crippen LogP contribution < -0.4 is 4.74 Å². The normalized spacial score (nSPS) is 19.4. The first-order valence-electron chi connectivity index (χ1n) is 7.70. The van der Waals surface area contributed by atoms with Crippen molar-refractivity contribution in [3.05, 3.63) is 23.4 Å². The summed E-state index contributed by atoms with van der Waals surface area (Å²) in [4.78, 5) is 19.6. The van der Waals surface area contributed by atoms with Crippen LogP contribution in [0.3, 0.4) is 0 Å². The van der Waals surface area contributed by atoms with Gasteiger partial charge in [0.2, 0.25) is 0 Å². The predicted molar refractivity (Wildman–Crippen MR) is 95.8 cm³/mol. The summed E-state index contributed by atoms with van der Waals surface area (Å²) in [5.74, 6) is 0.484. The van der Waals surface area contributed by atoms with E-state index in [1.165, 1.54) is 18.9 Å². The molecule has 0 bridgehead atoms. The predicted octanol–water partition coefficient (Wildman–Crippen LogP) is 2.78. The topological polar surface area (TPSA) is 70.5 Å². The Morgan fingerprint density at radius 2 is 1.79 bits per heavy atom. The Kier molecular flexibility index (Phi) is 5.73. The number of methoxy groups -OCH3 is 1. The molecule has 24 heavy (non-hydrogen) atoms. The highest BCUT2D eigenvalue weighted by atomic mass is 32.2. The maximum Gasteiger partial charge on any atom is 0.491 e. The summed E-state index contributed by atoms with van der Waals surface area (Å²) in [6, 6.07) is 0.308. The number of ether oxygens (including phenoxy) is 1. The smallest absolute Gasteiger partial charge is 0.467 e. The van der Waals surface area contributed by atoms with Gasteiger partial charge in [-0.25, -0.2) is 9.97 Å². The average Bonchev–Trinajstić information content (AvgIpc) is 2.72. The second-order valence-corrected chi connectivity index (χ2v) is 7.74. The molecule has 0 spiro atoms. The summed E-state index contributed by atoms with van der Waals surface area (Å²) in [5.41, 5.74) is 0.787. The lowest BCUT2D eigenvalue weighted by Gasteiger charge is -2.32. The Bertz CT molecular complexity index is 615. The number of nitrogens with zero attached hydrogens (tertiary/aromatic N) is 2. The third-order valence-electron chi connectivity index (χ3n) is 4.18. The zero-order chi connectivity index (χ0) is 18.0. The van der Waals surface area contributed by atoms with E-state index in [0.717, 1.165) is 11.0 Å². The fraction of sp³-hybridized carbons (Fsp3) is 0.562. The molecule has 0 amide bonds. The van der Waals surface area contributed by atoms with Gasteiger partial charge in [0, 0.05) is 30.6 Å². The monoisotopic (exact) mass is 350 g/mol. The van der Waals surface area contributed by atoms with E-state index in [-0.39, 0.29) is 5.12 Å². The van der Waals surface area contributed by atoms with Crippen molar-refractivity contribution in [2.45, 2.75) is 45.8 Å². The molecule has 1 aromatic heterocycles. The number of aromatic nitrogens is 2. The van der Waals surface area contributed by atoms with Crippen LogP contribution in [0.15, 0.2) is 17.9 Å². The maximum atomic E-state index is 11.4. The zero-order valence-corrected chi connectivity index (χ0v) is 15.8. The van der Waals surface area contributed by atoms with E-state index in [0.29, 0.717) is 11.8 Å². The lowest BCUT2D eigenvalue weighted by molar-refractivity contribution is -0.109. The fourth-order valence-corrected chi connectivity index (χ4v) is 2.67. The van der Waals surface area contributed by atoms with Crippen LogP contribution in [0.2, 0.25) is 0 Å². The summed E-state index contributed by atoms with van der Waals surface area (Å²) in [6.45, 7) is 9.54. The van der Waals surface area contributed by atoms with E-state index in [4.69, 9.17) is 14.0 Å². The van der Waals surface area contributed by atoms with Gasteiger partial charge in [-0.2, -0.15) is 0 Å². The van der Waals surface area contributed by atoms with Gasteiger partial charge in [0.1, 0.15) is 0 Å². The average molecular weight is 350 g/mol. The van der Waals surface area contributed by atoms with Crippen molar-refractivity contribution in [1.82, 2.24) is 9.97 Å². The number of hydrogen-bond acceptors (Lipinski definition) is 7. The summed E-state index contributed by atoms with van der Waals surface area (Å²) in [7, 11) is 1.01. The molecule has 0 aliphatic carbocycles. The van der Waals surface area contributed by atoms with Crippen molar-refractivity contribution in [2.75, 3.05) is 12.9 Å². The Morgan fingerprint density at radius 3 is 2.25 bits per heavy atom. The molecule has 1 aliphatic rings. The van der Waals surface area contributed by atoms with Crippen molar-refractivity contribution < 1.29 is 18.8 Å². The third-order valence-corrected chi connectivity index (χ3v) is 5.07. The van der Waals surface area contributed by atoms with Crippen molar-refractivity contribution >= 4 is 30.1 Å². The molecule has 1 aliphatic heterocycles. The van der Waals surface area contributed by atoms with E-state index >= 15 is 0 Å². The van der Waals surface area contributed by atoms with Gasteiger partial charge in [0.25, 0.3) is 0 Å². The standard InChI is InChI=1S/C16H23BN2O4S/c1-11(20)24-10-13(7-12-8-18-14(21-6)19-9-12)17-22-15(2,3)16(4,5)23-17/h7-9H,10H2,1-6H3. The molecular formula is C16H23BN2O4S. The second kappa shape index (κ2) is 7.25. The third kappa shape index (κ3) is 4.37. The molecule has 2 rings (SSSR count). The van der Waals surface area contributed by atoms with Crippen LogP contribution in [-0.2, 0) is 14.1 Å². The van der Waals surface area contributed by atoms with Gasteiger partial charge in [-0.1, -0.05) is 17.8 Å². The highest BCUT2D eigenvalue weighted by Crippen LogP contribution is 2.39. The number of thioether (sulfide) groups is 1. The summed E-state index contributed by atoms with van der Waals surface area (Å²) in [6.07, 6.45) is 5.22. The van der Waals surface area contributed by atoms with Gasteiger partial charge in [0.15, 0.2) is 5.12 Å². The van der Waals surface area contributed by atoms with Gasteiger partial charge >= 0.3 is 13.1 Å². The minimum Gasteiger partial charge on any atom is -0.467 e. The van der Waals surface area contributed by atoms with Crippen LogP contribution in [0.4, 0.5) is 0 Å². The molecule has 0 atom stereocenters. The molecule has 0 radical (unpaired) electrons. The number of carbonyl (C=O) groups is 1. The fourth-order valence-electron chi connectivity index (χ4n) is 2.08. The van der Waals surface area contributed by atoms with Crippen LogP contribution in [0.25, 0.3) is 6.08 Å². The highest BCUT2D eigenvalue weighted by molar-refractivity contribution is 8.13. The van der Waals surface area contributed by atoms with Crippen LogP contribution >= 0.6 is 11.8 Å².